The van der Waals surface area contributed by atoms with E-state index >= 15 is 0 Å². The molecule has 16 heavy (non-hydrogen) atoms. The Labute approximate surface area is 94.4 Å². The van der Waals surface area contributed by atoms with E-state index in [9.17, 15) is 14.4 Å². The van der Waals surface area contributed by atoms with E-state index in [2.05, 4.69) is 10.6 Å². The molecular weight excluding hydrogens is 212 g/mol. The lowest BCUT2D eigenvalue weighted by atomic mass is 9.96. The van der Waals surface area contributed by atoms with E-state index in [1.54, 1.807) is 20.8 Å². The number of carboxylic acids is 1. The molecule has 92 valence electrons. The molecular formula is C10H18N2O4. The molecule has 6 nitrogen and oxygen atoms in total. The molecule has 2 amide bonds. The summed E-state index contributed by atoms with van der Waals surface area (Å²) in [6, 6.07) is 0. The Morgan fingerprint density at radius 3 is 2.12 bits per heavy atom. The Balaban J connectivity index is 3.71. The van der Waals surface area contributed by atoms with Crippen molar-refractivity contribution < 1.29 is 19.5 Å². The van der Waals surface area contributed by atoms with Crippen molar-refractivity contribution in [3.05, 3.63) is 0 Å². The van der Waals surface area contributed by atoms with Gasteiger partial charge in [0.1, 0.15) is 6.54 Å². The lowest BCUT2D eigenvalue weighted by molar-refractivity contribution is -0.138. The number of carbonyl (C=O) groups is 3. The Morgan fingerprint density at radius 1 is 1.12 bits per heavy atom. The van der Waals surface area contributed by atoms with Gasteiger partial charge in [-0.25, -0.2) is 0 Å². The zero-order chi connectivity index (χ0) is 12.8. The summed E-state index contributed by atoms with van der Waals surface area (Å²) in [5.41, 5.74) is -0.489. The number of rotatable bonds is 5. The van der Waals surface area contributed by atoms with Crippen molar-refractivity contribution in [3.8, 4) is 0 Å². The van der Waals surface area contributed by atoms with Crippen LogP contribution < -0.4 is 10.6 Å². The van der Waals surface area contributed by atoms with Crippen LogP contribution in [0.5, 0.6) is 0 Å². The summed E-state index contributed by atoms with van der Waals surface area (Å²) < 4.78 is 0. The zero-order valence-corrected chi connectivity index (χ0v) is 9.79. The van der Waals surface area contributed by atoms with Crippen molar-refractivity contribution in [2.45, 2.75) is 27.2 Å². The van der Waals surface area contributed by atoms with E-state index in [1.165, 1.54) is 0 Å². The van der Waals surface area contributed by atoms with Gasteiger partial charge in [0.2, 0.25) is 11.8 Å². The van der Waals surface area contributed by atoms with Crippen molar-refractivity contribution in [2.24, 2.45) is 5.41 Å². The lowest BCUT2D eigenvalue weighted by Crippen LogP contribution is -2.38. The third-order valence-corrected chi connectivity index (χ3v) is 1.76. The van der Waals surface area contributed by atoms with Crippen molar-refractivity contribution in [3.63, 3.8) is 0 Å². The van der Waals surface area contributed by atoms with Crippen LogP contribution in [0.15, 0.2) is 0 Å². The molecule has 0 aliphatic carbocycles. The largest absolute Gasteiger partial charge is 0.480 e. The highest BCUT2D eigenvalue weighted by Gasteiger charge is 2.20. The number of carboxylic acid groups (broad SMARTS) is 1. The topological polar surface area (TPSA) is 95.5 Å². The number of hydrogen-bond donors (Lipinski definition) is 3. The molecule has 0 aliphatic heterocycles. The van der Waals surface area contributed by atoms with Crippen LogP contribution in [0, 0.1) is 5.41 Å². The van der Waals surface area contributed by atoms with Gasteiger partial charge in [0.25, 0.3) is 0 Å². The predicted octanol–water partition coefficient (Wildman–Crippen LogP) is -0.260. The van der Waals surface area contributed by atoms with E-state index in [0.29, 0.717) is 0 Å². The Morgan fingerprint density at radius 2 is 1.69 bits per heavy atom. The van der Waals surface area contributed by atoms with Gasteiger partial charge in [0.05, 0.1) is 0 Å². The van der Waals surface area contributed by atoms with E-state index < -0.39 is 23.8 Å². The molecule has 0 bridgehead atoms. The molecule has 0 fully saturated rings. The molecule has 0 saturated heterocycles. The Bertz CT molecular complexity index is 281. The highest BCUT2D eigenvalue weighted by atomic mass is 16.4. The predicted molar refractivity (Wildman–Crippen MR) is 57.7 cm³/mol. The second-order valence-corrected chi connectivity index (χ2v) is 4.43. The number of aliphatic carboxylic acids is 1. The summed E-state index contributed by atoms with van der Waals surface area (Å²) in [5, 5.41) is 13.1. The maximum atomic E-state index is 11.4. The molecule has 6 heteroatoms. The number of nitrogens with one attached hydrogen (secondary N) is 2. The molecule has 0 rings (SSSR count). The van der Waals surface area contributed by atoms with Crippen LogP contribution in [-0.4, -0.2) is 36.0 Å². The molecule has 0 aliphatic rings. The van der Waals surface area contributed by atoms with Crippen LogP contribution >= 0.6 is 0 Å². The maximum Gasteiger partial charge on any atom is 0.322 e. The van der Waals surface area contributed by atoms with E-state index in [4.69, 9.17) is 5.11 Å². The van der Waals surface area contributed by atoms with Gasteiger partial charge in [-0.05, 0) is 0 Å². The highest BCUT2D eigenvalue weighted by molar-refractivity contribution is 5.83. The van der Waals surface area contributed by atoms with E-state index in [0.717, 1.165) is 0 Å². The summed E-state index contributed by atoms with van der Waals surface area (Å²) in [7, 11) is 0. The maximum absolute atomic E-state index is 11.4. The first-order chi connectivity index (χ1) is 7.23. The molecule has 0 saturated carbocycles. The van der Waals surface area contributed by atoms with Gasteiger partial charge in [-0.15, -0.1) is 0 Å². The monoisotopic (exact) mass is 230 g/mol. The summed E-state index contributed by atoms with van der Waals surface area (Å²) in [6.45, 7) is 5.13. The second-order valence-electron chi connectivity index (χ2n) is 4.43. The molecule has 0 unspecified atom stereocenters. The fraction of sp³-hybridized carbons (Fsp3) is 0.700. The minimum atomic E-state index is -1.09. The van der Waals surface area contributed by atoms with Gasteiger partial charge >= 0.3 is 5.97 Å². The SMILES string of the molecule is CC(C)(C)C(=O)NCCC(=O)NCC(=O)O. The van der Waals surface area contributed by atoms with Gasteiger partial charge < -0.3 is 15.7 Å². The molecule has 3 N–H and O–H groups in total. The minimum absolute atomic E-state index is 0.0785. The molecule has 0 atom stereocenters. The molecule has 0 aromatic carbocycles. The van der Waals surface area contributed by atoms with Crippen molar-refractivity contribution >= 4 is 17.8 Å². The average Bonchev–Trinajstić information content (AvgIpc) is 2.13. The zero-order valence-electron chi connectivity index (χ0n) is 9.79. The normalized spacial score (nSPS) is 10.7. The first-order valence-corrected chi connectivity index (χ1v) is 5.00. The highest BCUT2D eigenvalue weighted by Crippen LogP contribution is 2.11. The van der Waals surface area contributed by atoms with Gasteiger partial charge in [0.15, 0.2) is 0 Å². The van der Waals surface area contributed by atoms with E-state index in [1.807, 2.05) is 0 Å². The third kappa shape index (κ3) is 6.80. The fourth-order valence-corrected chi connectivity index (χ4v) is 0.817. The van der Waals surface area contributed by atoms with Crippen molar-refractivity contribution in [1.29, 1.82) is 0 Å². The van der Waals surface area contributed by atoms with Crippen LogP contribution in [0.2, 0.25) is 0 Å². The Hall–Kier alpha value is -1.59. The third-order valence-electron chi connectivity index (χ3n) is 1.76. The summed E-state index contributed by atoms with van der Waals surface area (Å²) in [6.07, 6.45) is 0.0785. The van der Waals surface area contributed by atoms with Crippen LogP contribution in [0.4, 0.5) is 0 Å². The Kier molecular flexibility index (Phi) is 5.49. The summed E-state index contributed by atoms with van der Waals surface area (Å²) in [4.78, 5) is 32.6. The molecule has 0 aromatic heterocycles. The van der Waals surface area contributed by atoms with Crippen LogP contribution in [0.1, 0.15) is 27.2 Å². The quantitative estimate of drug-likeness (QED) is 0.606. The standard InChI is InChI=1S/C10H18N2O4/c1-10(2,3)9(16)11-5-4-7(13)12-6-8(14)15/h4-6H2,1-3H3,(H,11,16)(H,12,13)(H,14,15). The smallest absolute Gasteiger partial charge is 0.322 e. The van der Waals surface area contributed by atoms with Gasteiger partial charge in [0, 0.05) is 18.4 Å². The number of amides is 2. The van der Waals surface area contributed by atoms with Gasteiger partial charge in [-0.2, -0.15) is 0 Å². The molecule has 0 heterocycles. The summed E-state index contributed by atoms with van der Waals surface area (Å²) >= 11 is 0. The average molecular weight is 230 g/mol. The summed E-state index contributed by atoms with van der Waals surface area (Å²) in [5.74, 6) is -1.62. The first kappa shape index (κ1) is 14.4. The molecule has 0 spiro atoms. The van der Waals surface area contributed by atoms with Crippen LogP contribution in [0.3, 0.4) is 0 Å². The second kappa shape index (κ2) is 6.09. The fourth-order valence-electron chi connectivity index (χ4n) is 0.817. The minimum Gasteiger partial charge on any atom is -0.480 e. The lowest BCUT2D eigenvalue weighted by Gasteiger charge is -2.17. The number of carbonyl (C=O) groups excluding carboxylic acids is 2. The van der Waals surface area contributed by atoms with Crippen LogP contribution in [-0.2, 0) is 14.4 Å². The van der Waals surface area contributed by atoms with Gasteiger partial charge in [-0.3, -0.25) is 14.4 Å². The van der Waals surface area contributed by atoms with Crippen molar-refractivity contribution in [1.82, 2.24) is 10.6 Å². The van der Waals surface area contributed by atoms with Gasteiger partial charge in [-0.1, -0.05) is 20.8 Å². The number of hydrogen-bond acceptors (Lipinski definition) is 3. The molecule has 0 radical (unpaired) electrons. The van der Waals surface area contributed by atoms with E-state index in [-0.39, 0.29) is 18.9 Å². The first-order valence-electron chi connectivity index (χ1n) is 5.00. The van der Waals surface area contributed by atoms with Crippen LogP contribution in [0.25, 0.3) is 0 Å². The van der Waals surface area contributed by atoms with Crippen molar-refractivity contribution in [2.75, 3.05) is 13.1 Å². The molecule has 0 aromatic rings.